The van der Waals surface area contributed by atoms with Gasteiger partial charge in [0.05, 0.1) is 13.7 Å². The molecule has 24 heavy (non-hydrogen) atoms. The number of nitrogens with zero attached hydrogens (tertiary/aromatic N) is 2. The van der Waals surface area contributed by atoms with E-state index in [0.717, 1.165) is 22.7 Å². The van der Waals surface area contributed by atoms with Gasteiger partial charge in [0, 0.05) is 12.4 Å². The lowest BCUT2D eigenvalue weighted by Gasteiger charge is -2.07. The van der Waals surface area contributed by atoms with Crippen molar-refractivity contribution in [3.8, 4) is 11.5 Å². The Labute approximate surface area is 140 Å². The number of imidazole rings is 1. The van der Waals surface area contributed by atoms with Crippen LogP contribution in [-0.2, 0) is 0 Å². The molecule has 1 aromatic carbocycles. The molecule has 0 aliphatic carbocycles. The molecule has 1 N–H and O–H groups in total. The number of pyridine rings is 1. The van der Waals surface area contributed by atoms with Crippen molar-refractivity contribution in [2.45, 2.75) is 6.92 Å². The molecule has 0 fully saturated rings. The first kappa shape index (κ1) is 15.9. The van der Waals surface area contributed by atoms with Gasteiger partial charge in [0.15, 0.2) is 0 Å². The van der Waals surface area contributed by atoms with Crippen LogP contribution in [0.3, 0.4) is 0 Å². The number of amides is 1. The first-order valence-electron chi connectivity index (χ1n) is 7.66. The van der Waals surface area contributed by atoms with Gasteiger partial charge in [-0.1, -0.05) is 0 Å². The van der Waals surface area contributed by atoms with Gasteiger partial charge in [-0.2, -0.15) is 0 Å². The number of hydrogen-bond donors (Lipinski definition) is 1. The molecule has 0 spiro atoms. The van der Waals surface area contributed by atoms with E-state index in [1.807, 2.05) is 53.9 Å². The molecule has 0 atom stereocenters. The summed E-state index contributed by atoms with van der Waals surface area (Å²) in [5.41, 5.74) is 2.26. The van der Waals surface area contributed by atoms with E-state index in [1.165, 1.54) is 0 Å². The number of rotatable bonds is 6. The Morgan fingerprint density at radius 2 is 1.96 bits per heavy atom. The Balaban J connectivity index is 1.51. The number of ether oxygens (including phenoxy) is 2. The highest BCUT2D eigenvalue weighted by atomic mass is 16.5. The Kier molecular flexibility index (Phi) is 4.65. The topological polar surface area (TPSA) is 64.9 Å². The van der Waals surface area contributed by atoms with Gasteiger partial charge in [-0.05, 0) is 48.9 Å². The minimum atomic E-state index is -0.213. The van der Waals surface area contributed by atoms with E-state index in [2.05, 4.69) is 10.3 Å². The van der Waals surface area contributed by atoms with Crippen molar-refractivity contribution in [1.82, 2.24) is 14.7 Å². The number of methoxy groups -OCH3 is 1. The van der Waals surface area contributed by atoms with E-state index in [4.69, 9.17) is 9.47 Å². The highest BCUT2D eigenvalue weighted by Crippen LogP contribution is 2.16. The van der Waals surface area contributed by atoms with Crippen LogP contribution in [0.1, 0.15) is 16.1 Å². The summed E-state index contributed by atoms with van der Waals surface area (Å²) in [7, 11) is 1.62. The number of aromatic nitrogens is 2. The third-order valence-corrected chi connectivity index (χ3v) is 3.56. The van der Waals surface area contributed by atoms with Gasteiger partial charge in [0.1, 0.15) is 29.4 Å². The molecule has 2 heterocycles. The number of hydrogen-bond acceptors (Lipinski definition) is 4. The van der Waals surface area contributed by atoms with Crippen molar-refractivity contribution in [2.75, 3.05) is 20.3 Å². The standard InChI is InChI=1S/C18H19N3O3/c1-13-7-9-21-12-16(20-17(21)11-13)18(22)19-8-10-24-15-5-3-14(23-2)4-6-15/h3-7,9,11-12H,8,10H2,1-2H3,(H,19,22). The molecule has 0 bridgehead atoms. The van der Waals surface area contributed by atoms with Crippen molar-refractivity contribution in [2.24, 2.45) is 0 Å². The average Bonchev–Trinajstić information content (AvgIpc) is 3.02. The zero-order chi connectivity index (χ0) is 16.9. The number of nitrogens with one attached hydrogen (secondary N) is 1. The second-order valence-corrected chi connectivity index (χ2v) is 5.38. The lowest BCUT2D eigenvalue weighted by Crippen LogP contribution is -2.28. The molecule has 6 heteroatoms. The Hall–Kier alpha value is -3.02. The van der Waals surface area contributed by atoms with Crippen LogP contribution in [0, 0.1) is 6.92 Å². The molecule has 1 amide bonds. The van der Waals surface area contributed by atoms with Crippen LogP contribution in [0.15, 0.2) is 48.8 Å². The van der Waals surface area contributed by atoms with Gasteiger partial charge in [-0.3, -0.25) is 4.79 Å². The molecule has 124 valence electrons. The zero-order valence-electron chi connectivity index (χ0n) is 13.7. The Morgan fingerprint density at radius 3 is 2.71 bits per heavy atom. The molecule has 0 aliphatic heterocycles. The van der Waals surface area contributed by atoms with E-state index >= 15 is 0 Å². The summed E-state index contributed by atoms with van der Waals surface area (Å²) < 4.78 is 12.5. The molecular formula is C18H19N3O3. The molecule has 3 aromatic rings. The van der Waals surface area contributed by atoms with Gasteiger partial charge in [-0.25, -0.2) is 4.98 Å². The largest absolute Gasteiger partial charge is 0.497 e. The van der Waals surface area contributed by atoms with Crippen molar-refractivity contribution >= 4 is 11.6 Å². The molecule has 2 aromatic heterocycles. The highest BCUT2D eigenvalue weighted by molar-refractivity contribution is 5.92. The minimum Gasteiger partial charge on any atom is -0.497 e. The first-order valence-corrected chi connectivity index (χ1v) is 7.66. The Bertz CT molecular complexity index is 840. The third-order valence-electron chi connectivity index (χ3n) is 3.56. The molecule has 0 radical (unpaired) electrons. The fourth-order valence-corrected chi connectivity index (χ4v) is 2.29. The van der Waals surface area contributed by atoms with Gasteiger partial charge < -0.3 is 19.2 Å². The SMILES string of the molecule is COc1ccc(OCCNC(=O)c2cn3ccc(C)cc3n2)cc1. The molecule has 0 unspecified atom stereocenters. The van der Waals surface area contributed by atoms with Crippen LogP contribution >= 0.6 is 0 Å². The van der Waals surface area contributed by atoms with Crippen LogP contribution in [0.5, 0.6) is 11.5 Å². The highest BCUT2D eigenvalue weighted by Gasteiger charge is 2.10. The normalized spacial score (nSPS) is 10.6. The fourth-order valence-electron chi connectivity index (χ4n) is 2.29. The minimum absolute atomic E-state index is 0.213. The number of fused-ring (bicyclic) bond motifs is 1. The van der Waals surface area contributed by atoms with E-state index < -0.39 is 0 Å². The van der Waals surface area contributed by atoms with Crippen molar-refractivity contribution in [1.29, 1.82) is 0 Å². The maximum absolute atomic E-state index is 12.1. The second-order valence-electron chi connectivity index (χ2n) is 5.38. The van der Waals surface area contributed by atoms with E-state index in [9.17, 15) is 4.79 Å². The maximum Gasteiger partial charge on any atom is 0.271 e. The fraction of sp³-hybridized carbons (Fsp3) is 0.222. The molecular weight excluding hydrogens is 306 g/mol. The van der Waals surface area contributed by atoms with E-state index in [0.29, 0.717) is 18.8 Å². The number of carbonyl (C=O) groups excluding carboxylic acids is 1. The summed E-state index contributed by atoms with van der Waals surface area (Å²) in [5, 5.41) is 2.80. The number of aryl methyl sites for hydroxylation is 1. The molecule has 0 saturated heterocycles. The lowest BCUT2D eigenvalue weighted by molar-refractivity contribution is 0.0942. The van der Waals surface area contributed by atoms with Crippen molar-refractivity contribution in [3.63, 3.8) is 0 Å². The monoisotopic (exact) mass is 325 g/mol. The number of benzene rings is 1. The van der Waals surface area contributed by atoms with Gasteiger partial charge >= 0.3 is 0 Å². The quantitative estimate of drug-likeness (QED) is 0.707. The van der Waals surface area contributed by atoms with Crippen LogP contribution in [0.25, 0.3) is 5.65 Å². The molecule has 6 nitrogen and oxygen atoms in total. The van der Waals surface area contributed by atoms with Gasteiger partial charge in [0.25, 0.3) is 5.91 Å². The van der Waals surface area contributed by atoms with E-state index in [-0.39, 0.29) is 5.91 Å². The van der Waals surface area contributed by atoms with Gasteiger partial charge in [-0.15, -0.1) is 0 Å². The van der Waals surface area contributed by atoms with Gasteiger partial charge in [0.2, 0.25) is 0 Å². The smallest absolute Gasteiger partial charge is 0.271 e. The second kappa shape index (κ2) is 7.04. The summed E-state index contributed by atoms with van der Waals surface area (Å²) in [6, 6.07) is 11.2. The summed E-state index contributed by atoms with van der Waals surface area (Å²) in [5.74, 6) is 1.29. The first-order chi connectivity index (χ1) is 11.7. The summed E-state index contributed by atoms with van der Waals surface area (Å²) >= 11 is 0. The third kappa shape index (κ3) is 3.65. The molecule has 0 saturated carbocycles. The van der Waals surface area contributed by atoms with Crippen LogP contribution in [0.4, 0.5) is 0 Å². The molecule has 3 rings (SSSR count). The lowest BCUT2D eigenvalue weighted by atomic mass is 10.3. The van der Waals surface area contributed by atoms with E-state index in [1.54, 1.807) is 13.3 Å². The predicted octanol–water partition coefficient (Wildman–Crippen LogP) is 2.46. The zero-order valence-corrected chi connectivity index (χ0v) is 13.7. The Morgan fingerprint density at radius 1 is 1.21 bits per heavy atom. The van der Waals surface area contributed by atoms with Crippen molar-refractivity contribution in [3.05, 3.63) is 60.0 Å². The van der Waals surface area contributed by atoms with Crippen molar-refractivity contribution < 1.29 is 14.3 Å². The predicted molar refractivity (Wildman–Crippen MR) is 90.8 cm³/mol. The van der Waals surface area contributed by atoms with Crippen LogP contribution in [0.2, 0.25) is 0 Å². The molecule has 0 aliphatic rings. The maximum atomic E-state index is 12.1. The summed E-state index contributed by atoms with van der Waals surface area (Å²) in [4.78, 5) is 16.5. The average molecular weight is 325 g/mol. The summed E-state index contributed by atoms with van der Waals surface area (Å²) in [6.07, 6.45) is 3.61. The van der Waals surface area contributed by atoms with Crippen LogP contribution in [-0.4, -0.2) is 35.6 Å². The number of carbonyl (C=O) groups is 1. The summed E-state index contributed by atoms with van der Waals surface area (Å²) in [6.45, 7) is 2.77. The van der Waals surface area contributed by atoms with Crippen LogP contribution < -0.4 is 14.8 Å².